The molecule has 0 amide bonds. The number of benzene rings is 3. The van der Waals surface area contributed by atoms with Gasteiger partial charge < -0.3 is 14.7 Å². The molecule has 0 bridgehead atoms. The van der Waals surface area contributed by atoms with Crippen LogP contribution >= 0.6 is 23.2 Å². The fourth-order valence-electron chi connectivity index (χ4n) is 3.02. The first-order chi connectivity index (χ1) is 14.2. The number of hydrogen-bond acceptors (Lipinski definition) is 5. The predicted octanol–water partition coefficient (Wildman–Crippen LogP) is 6.33. The van der Waals surface area contributed by atoms with E-state index >= 15 is 0 Å². The number of anilines is 2. The predicted molar refractivity (Wildman–Crippen MR) is 115 cm³/mol. The van der Waals surface area contributed by atoms with Gasteiger partial charge in [-0.15, -0.1) is 5.10 Å². The van der Waals surface area contributed by atoms with Crippen LogP contribution in [0.5, 0.6) is 0 Å². The quantitative estimate of drug-likeness (QED) is 0.354. The molecule has 0 atom stereocenters. The lowest BCUT2D eigenvalue weighted by Crippen LogP contribution is -1.88. The van der Waals surface area contributed by atoms with Crippen LogP contribution in [0.4, 0.5) is 11.7 Å². The van der Waals surface area contributed by atoms with Crippen molar-refractivity contribution in [2.45, 2.75) is 0 Å². The smallest absolute Gasteiger partial charge is 0.320 e. The molecule has 0 aliphatic rings. The number of rotatable bonds is 4. The van der Waals surface area contributed by atoms with E-state index in [2.05, 4.69) is 25.5 Å². The van der Waals surface area contributed by atoms with E-state index in [9.17, 15) is 0 Å². The fourth-order valence-corrected chi connectivity index (χ4v) is 3.60. The summed E-state index contributed by atoms with van der Waals surface area (Å²) in [7, 11) is 0. The van der Waals surface area contributed by atoms with E-state index in [1.54, 1.807) is 18.2 Å². The average molecular weight is 422 g/mol. The summed E-state index contributed by atoms with van der Waals surface area (Å²) in [6, 6.07) is 21.0. The Labute approximate surface area is 175 Å². The lowest BCUT2D eigenvalue weighted by Gasteiger charge is -2.02. The highest BCUT2D eigenvalue weighted by molar-refractivity contribution is 6.39. The minimum Gasteiger partial charge on any atom is -0.403 e. The number of hydrogen-bond donors (Lipinski definition) is 2. The average Bonchev–Trinajstić information content (AvgIpc) is 3.35. The highest BCUT2D eigenvalue weighted by atomic mass is 35.5. The number of H-pyrrole nitrogens is 1. The molecule has 142 valence electrons. The second kappa shape index (κ2) is 7.24. The van der Waals surface area contributed by atoms with Gasteiger partial charge in [0, 0.05) is 11.3 Å². The van der Waals surface area contributed by atoms with E-state index in [1.807, 2.05) is 48.5 Å². The minimum absolute atomic E-state index is 0.319. The Bertz CT molecular complexity index is 1290. The van der Waals surface area contributed by atoms with Gasteiger partial charge in [-0.3, -0.25) is 0 Å². The van der Waals surface area contributed by atoms with Gasteiger partial charge in [0.25, 0.3) is 0 Å². The van der Waals surface area contributed by atoms with Gasteiger partial charge in [0.1, 0.15) is 5.82 Å². The molecule has 0 aliphatic carbocycles. The summed E-state index contributed by atoms with van der Waals surface area (Å²) < 4.78 is 5.74. The van der Waals surface area contributed by atoms with E-state index < -0.39 is 0 Å². The van der Waals surface area contributed by atoms with Crippen molar-refractivity contribution < 1.29 is 4.42 Å². The van der Waals surface area contributed by atoms with Gasteiger partial charge >= 0.3 is 6.01 Å². The first-order valence-electron chi connectivity index (χ1n) is 8.77. The van der Waals surface area contributed by atoms with Gasteiger partial charge in [0.05, 0.1) is 26.6 Å². The van der Waals surface area contributed by atoms with Crippen molar-refractivity contribution in [3.05, 3.63) is 76.8 Å². The molecule has 0 aliphatic heterocycles. The summed E-state index contributed by atoms with van der Waals surface area (Å²) in [5.41, 5.74) is 3.89. The maximum absolute atomic E-state index is 6.30. The molecule has 2 aromatic heterocycles. The Kier molecular flexibility index (Phi) is 4.42. The SMILES string of the molecule is Clc1cccc(Cl)c1-c1nc2ccc(-c3nnc(Nc4ccccc4)o3)cc2[nH]1. The molecule has 0 fully saturated rings. The van der Waals surface area contributed by atoms with Crippen LogP contribution in [-0.4, -0.2) is 20.2 Å². The van der Waals surface area contributed by atoms with Gasteiger partial charge in [-0.05, 0) is 42.5 Å². The molecule has 0 radical (unpaired) electrons. The summed E-state index contributed by atoms with van der Waals surface area (Å²) in [4.78, 5) is 7.86. The molecule has 0 saturated heterocycles. The standard InChI is InChI=1S/C21H13Cl2N5O/c22-14-7-4-8-15(23)18(14)19-25-16-10-9-12(11-17(16)26-19)20-27-28-21(29-20)24-13-5-2-1-3-6-13/h1-11H,(H,24,28)(H,25,26). The molecule has 0 spiro atoms. The second-order valence-corrected chi connectivity index (χ2v) is 7.13. The molecule has 2 N–H and O–H groups in total. The zero-order valence-corrected chi connectivity index (χ0v) is 16.4. The molecular formula is C21H13Cl2N5O. The van der Waals surface area contributed by atoms with Crippen molar-refractivity contribution in [1.29, 1.82) is 0 Å². The second-order valence-electron chi connectivity index (χ2n) is 6.32. The zero-order chi connectivity index (χ0) is 19.8. The Morgan fingerprint density at radius 1 is 0.862 bits per heavy atom. The van der Waals surface area contributed by atoms with Crippen LogP contribution in [0.15, 0.2) is 71.1 Å². The summed E-state index contributed by atoms with van der Waals surface area (Å²) in [5.74, 6) is 1.00. The number of para-hydroxylation sites is 1. The Morgan fingerprint density at radius 2 is 1.66 bits per heavy atom. The Balaban J connectivity index is 1.48. The number of aromatic nitrogens is 4. The highest BCUT2D eigenvalue weighted by Crippen LogP contribution is 2.34. The molecule has 2 heterocycles. The van der Waals surface area contributed by atoms with Crippen LogP contribution in [0.1, 0.15) is 0 Å². The normalized spacial score (nSPS) is 11.1. The third-order valence-electron chi connectivity index (χ3n) is 4.38. The molecule has 6 nitrogen and oxygen atoms in total. The molecule has 8 heteroatoms. The molecule has 3 aromatic carbocycles. The monoisotopic (exact) mass is 421 g/mol. The maximum atomic E-state index is 6.30. The molecule has 0 saturated carbocycles. The van der Waals surface area contributed by atoms with Gasteiger partial charge in [-0.25, -0.2) is 4.98 Å². The van der Waals surface area contributed by atoms with E-state index in [0.29, 0.717) is 33.3 Å². The third kappa shape index (κ3) is 3.44. The Hall–Kier alpha value is -3.35. The van der Waals surface area contributed by atoms with Crippen LogP contribution in [0.25, 0.3) is 33.9 Å². The minimum atomic E-state index is 0.319. The lowest BCUT2D eigenvalue weighted by molar-refractivity contribution is 0.588. The molecular weight excluding hydrogens is 409 g/mol. The molecule has 0 unspecified atom stereocenters. The van der Waals surface area contributed by atoms with Crippen LogP contribution in [0.3, 0.4) is 0 Å². The van der Waals surface area contributed by atoms with E-state index in [-0.39, 0.29) is 0 Å². The summed E-state index contributed by atoms with van der Waals surface area (Å²) in [5, 5.41) is 12.3. The first kappa shape index (κ1) is 17.7. The van der Waals surface area contributed by atoms with Crippen LogP contribution in [0.2, 0.25) is 10.0 Å². The zero-order valence-electron chi connectivity index (χ0n) is 14.9. The van der Waals surface area contributed by atoms with Gasteiger partial charge in [0.2, 0.25) is 5.89 Å². The van der Waals surface area contributed by atoms with Crippen molar-refractivity contribution >= 4 is 45.9 Å². The van der Waals surface area contributed by atoms with Crippen LogP contribution < -0.4 is 5.32 Å². The van der Waals surface area contributed by atoms with Crippen molar-refractivity contribution in [3.8, 4) is 22.8 Å². The van der Waals surface area contributed by atoms with E-state index in [1.165, 1.54) is 0 Å². The van der Waals surface area contributed by atoms with E-state index in [0.717, 1.165) is 22.3 Å². The van der Waals surface area contributed by atoms with Crippen LogP contribution in [0, 0.1) is 0 Å². The lowest BCUT2D eigenvalue weighted by atomic mass is 10.2. The molecule has 29 heavy (non-hydrogen) atoms. The molecule has 5 rings (SSSR count). The topological polar surface area (TPSA) is 79.6 Å². The fraction of sp³-hybridized carbons (Fsp3) is 0. The van der Waals surface area contributed by atoms with Gasteiger partial charge in [-0.2, -0.15) is 0 Å². The largest absolute Gasteiger partial charge is 0.403 e. The molecule has 5 aromatic rings. The number of nitrogens with one attached hydrogen (secondary N) is 2. The van der Waals surface area contributed by atoms with Crippen molar-refractivity contribution in [2.75, 3.05) is 5.32 Å². The maximum Gasteiger partial charge on any atom is 0.320 e. The van der Waals surface area contributed by atoms with Crippen molar-refractivity contribution in [3.63, 3.8) is 0 Å². The third-order valence-corrected chi connectivity index (χ3v) is 5.01. The number of imidazole rings is 1. The van der Waals surface area contributed by atoms with Crippen molar-refractivity contribution in [1.82, 2.24) is 20.2 Å². The van der Waals surface area contributed by atoms with Crippen molar-refractivity contribution in [2.24, 2.45) is 0 Å². The van der Waals surface area contributed by atoms with E-state index in [4.69, 9.17) is 27.6 Å². The summed E-state index contributed by atoms with van der Waals surface area (Å²) in [6.45, 7) is 0. The van der Waals surface area contributed by atoms with Crippen LogP contribution in [-0.2, 0) is 0 Å². The summed E-state index contributed by atoms with van der Waals surface area (Å²) >= 11 is 12.6. The highest BCUT2D eigenvalue weighted by Gasteiger charge is 2.15. The summed E-state index contributed by atoms with van der Waals surface area (Å²) in [6.07, 6.45) is 0. The Morgan fingerprint density at radius 3 is 2.45 bits per heavy atom. The number of halogens is 2. The number of fused-ring (bicyclic) bond motifs is 1. The number of aromatic amines is 1. The number of nitrogens with zero attached hydrogens (tertiary/aromatic N) is 3. The van der Waals surface area contributed by atoms with Gasteiger partial charge in [0.15, 0.2) is 0 Å². The first-order valence-corrected chi connectivity index (χ1v) is 9.53. The van der Waals surface area contributed by atoms with Gasteiger partial charge in [-0.1, -0.05) is 52.6 Å².